The number of rotatable bonds is 11. The number of hydrogen-bond donors (Lipinski definition) is 3. The Kier molecular flexibility index (Phi) is 13.9. The molecule has 0 bridgehead atoms. The highest BCUT2D eigenvalue weighted by atomic mass is 16.3. The highest BCUT2D eigenvalue weighted by Crippen LogP contribution is 2.43. The molecule has 3 atom stereocenters. The lowest BCUT2D eigenvalue weighted by Gasteiger charge is -2.40. The summed E-state index contributed by atoms with van der Waals surface area (Å²) >= 11 is 0. The van der Waals surface area contributed by atoms with Crippen LogP contribution in [-0.4, -0.2) is 33.6 Å². The molecule has 0 aromatic carbocycles. The summed E-state index contributed by atoms with van der Waals surface area (Å²) in [4.78, 5) is 0. The van der Waals surface area contributed by atoms with Crippen molar-refractivity contribution >= 4 is 0 Å². The zero-order valence-electron chi connectivity index (χ0n) is 28.5. The van der Waals surface area contributed by atoms with Gasteiger partial charge in [-0.05, 0) is 95.6 Å². The number of hydrogen-bond acceptors (Lipinski definition) is 3. The van der Waals surface area contributed by atoms with E-state index in [0.717, 1.165) is 31.3 Å². The third kappa shape index (κ3) is 11.7. The van der Waals surface area contributed by atoms with Gasteiger partial charge in [0.1, 0.15) is 6.10 Å². The Morgan fingerprint density at radius 3 is 1.84 bits per heavy atom. The van der Waals surface area contributed by atoms with Gasteiger partial charge in [-0.25, -0.2) is 0 Å². The van der Waals surface area contributed by atoms with Crippen molar-refractivity contribution in [2.45, 2.75) is 120 Å². The van der Waals surface area contributed by atoms with Crippen LogP contribution in [0, 0.1) is 10.8 Å². The molecule has 236 valence electrons. The van der Waals surface area contributed by atoms with Gasteiger partial charge >= 0.3 is 0 Å². The fourth-order valence-electron chi connectivity index (χ4n) is 6.39. The Bertz CT molecular complexity index is 1280. The van der Waals surface area contributed by atoms with Gasteiger partial charge in [0.15, 0.2) is 0 Å². The van der Waals surface area contributed by atoms with Crippen LogP contribution in [0.1, 0.15) is 101 Å². The average molecular weight is 587 g/mol. The number of aliphatic hydroxyl groups is 3. The molecule has 0 saturated carbocycles. The molecular weight excluding hydrogens is 528 g/mol. The van der Waals surface area contributed by atoms with Crippen molar-refractivity contribution in [1.82, 2.24) is 0 Å². The van der Waals surface area contributed by atoms with E-state index in [1.165, 1.54) is 39.0 Å². The minimum Gasteiger partial charge on any atom is -0.393 e. The summed E-state index contributed by atoms with van der Waals surface area (Å²) < 4.78 is 0. The molecular formula is C40H58O3. The van der Waals surface area contributed by atoms with Gasteiger partial charge in [-0.3, -0.25) is 0 Å². The van der Waals surface area contributed by atoms with Crippen LogP contribution in [0.4, 0.5) is 0 Å². The van der Waals surface area contributed by atoms with E-state index in [1.807, 2.05) is 6.92 Å². The summed E-state index contributed by atoms with van der Waals surface area (Å²) in [5.74, 6) is 0. The first-order chi connectivity index (χ1) is 20.0. The van der Waals surface area contributed by atoms with Crippen molar-refractivity contribution in [2.24, 2.45) is 10.8 Å². The van der Waals surface area contributed by atoms with Crippen molar-refractivity contribution in [3.63, 3.8) is 0 Å². The molecule has 2 aliphatic carbocycles. The summed E-state index contributed by atoms with van der Waals surface area (Å²) in [6.07, 6.45) is 27.8. The summed E-state index contributed by atoms with van der Waals surface area (Å²) in [6.45, 7) is 21.3. The van der Waals surface area contributed by atoms with Gasteiger partial charge in [-0.2, -0.15) is 0 Å². The van der Waals surface area contributed by atoms with Crippen LogP contribution in [-0.2, 0) is 0 Å². The molecule has 0 amide bonds. The van der Waals surface area contributed by atoms with Crippen LogP contribution in [0.25, 0.3) is 0 Å². The maximum Gasteiger partial charge on any atom is 0.101 e. The normalized spacial score (nSPS) is 26.3. The van der Waals surface area contributed by atoms with Gasteiger partial charge in [-0.15, -0.1) is 0 Å². The Labute approximate surface area is 262 Å². The second kappa shape index (κ2) is 16.4. The molecule has 3 nitrogen and oxygen atoms in total. The van der Waals surface area contributed by atoms with Crippen molar-refractivity contribution in [3.8, 4) is 0 Å². The minimum atomic E-state index is -0.740. The van der Waals surface area contributed by atoms with Crippen molar-refractivity contribution in [1.29, 1.82) is 0 Å². The predicted molar refractivity (Wildman–Crippen MR) is 186 cm³/mol. The Morgan fingerprint density at radius 2 is 1.26 bits per heavy atom. The average Bonchev–Trinajstić information content (AvgIpc) is 2.88. The Balaban J connectivity index is 1.88. The molecule has 0 heterocycles. The zero-order valence-corrected chi connectivity index (χ0v) is 28.5. The highest BCUT2D eigenvalue weighted by Gasteiger charge is 2.37. The predicted octanol–water partition coefficient (Wildman–Crippen LogP) is 9.74. The molecule has 0 fully saturated rings. The van der Waals surface area contributed by atoms with Gasteiger partial charge in [-0.1, -0.05) is 134 Å². The number of aliphatic hydroxyl groups excluding tert-OH is 3. The Morgan fingerprint density at radius 1 is 0.721 bits per heavy atom. The standard InChI is InChI=1S/C40H58O3/c1-28(17-13-19-30(3)21-23-35-32(5)25-34(41)26-39(35,7)8)15-11-12-16-29(2)18-14-20-31(4)22-24-36-33(6)38(43)37(42)27-40(36,9)10/h11-21,23,34,37-38,41-43H,22,24-27H2,1-10H3/b12-11+,17-13+,18-14+,23-21+,28-15+,29-16+,30-19+,31-20+/t34-,37+,38?/m1/s1. The van der Waals surface area contributed by atoms with E-state index >= 15 is 0 Å². The molecule has 0 radical (unpaired) electrons. The SMILES string of the molecule is CC1=C(/C=C/C(C)=C/C=C/C(C)=C/C=C/C=C(C)/C=C/C=C(\C)CCC2=C(C)C(O)[C@@H](O)CC2(C)C)C(C)(C)C[C@H](O)C1. The van der Waals surface area contributed by atoms with E-state index in [9.17, 15) is 15.3 Å². The van der Waals surface area contributed by atoms with Gasteiger partial charge in [0.2, 0.25) is 0 Å². The first kappa shape index (κ1) is 36.5. The van der Waals surface area contributed by atoms with Crippen LogP contribution < -0.4 is 0 Å². The van der Waals surface area contributed by atoms with Gasteiger partial charge in [0.25, 0.3) is 0 Å². The molecule has 0 spiro atoms. The van der Waals surface area contributed by atoms with Gasteiger partial charge in [0, 0.05) is 0 Å². The summed E-state index contributed by atoms with van der Waals surface area (Å²) in [5, 5.41) is 30.6. The molecule has 0 saturated heterocycles. The molecule has 0 aromatic rings. The van der Waals surface area contributed by atoms with Crippen LogP contribution in [0.3, 0.4) is 0 Å². The fraction of sp³-hybridized carbons (Fsp3) is 0.500. The van der Waals surface area contributed by atoms with E-state index in [0.29, 0.717) is 6.42 Å². The van der Waals surface area contributed by atoms with Gasteiger partial charge < -0.3 is 15.3 Å². The van der Waals surface area contributed by atoms with Crippen LogP contribution >= 0.6 is 0 Å². The monoisotopic (exact) mass is 586 g/mol. The van der Waals surface area contributed by atoms with Crippen molar-refractivity contribution < 1.29 is 15.3 Å². The third-order valence-electron chi connectivity index (χ3n) is 8.87. The first-order valence-corrected chi connectivity index (χ1v) is 15.9. The van der Waals surface area contributed by atoms with Crippen LogP contribution in [0.2, 0.25) is 0 Å². The second-order valence-corrected chi connectivity index (χ2v) is 14.1. The lowest BCUT2D eigenvalue weighted by Crippen LogP contribution is -2.39. The Hall–Kier alpha value is -2.72. The molecule has 0 aliphatic heterocycles. The van der Waals surface area contributed by atoms with E-state index in [-0.39, 0.29) is 16.9 Å². The molecule has 3 N–H and O–H groups in total. The molecule has 1 unspecified atom stereocenters. The molecule has 0 aromatic heterocycles. The molecule has 3 heteroatoms. The third-order valence-corrected chi connectivity index (χ3v) is 8.87. The second-order valence-electron chi connectivity index (χ2n) is 14.1. The first-order valence-electron chi connectivity index (χ1n) is 15.9. The summed E-state index contributed by atoms with van der Waals surface area (Å²) in [5.41, 5.74) is 9.60. The van der Waals surface area contributed by atoms with Crippen LogP contribution in [0.5, 0.6) is 0 Å². The van der Waals surface area contributed by atoms with E-state index in [4.69, 9.17) is 0 Å². The lowest BCUT2D eigenvalue weighted by atomic mass is 9.69. The maximum absolute atomic E-state index is 10.3. The van der Waals surface area contributed by atoms with Crippen LogP contribution in [0.15, 0.2) is 117 Å². The highest BCUT2D eigenvalue weighted by molar-refractivity contribution is 5.38. The minimum absolute atomic E-state index is 0.000169. The summed E-state index contributed by atoms with van der Waals surface area (Å²) in [6, 6.07) is 0. The zero-order chi connectivity index (χ0) is 32.4. The quantitative estimate of drug-likeness (QED) is 0.167. The van der Waals surface area contributed by atoms with Crippen molar-refractivity contribution in [3.05, 3.63) is 117 Å². The van der Waals surface area contributed by atoms with Crippen molar-refractivity contribution in [2.75, 3.05) is 0 Å². The van der Waals surface area contributed by atoms with E-state index < -0.39 is 12.2 Å². The van der Waals surface area contributed by atoms with E-state index in [2.05, 4.69) is 135 Å². The van der Waals surface area contributed by atoms with E-state index in [1.54, 1.807) is 0 Å². The topological polar surface area (TPSA) is 60.7 Å². The summed E-state index contributed by atoms with van der Waals surface area (Å²) in [7, 11) is 0. The molecule has 2 aliphatic rings. The molecule has 2 rings (SSSR count). The largest absolute Gasteiger partial charge is 0.393 e. The van der Waals surface area contributed by atoms with Gasteiger partial charge in [0.05, 0.1) is 12.2 Å². The molecule has 43 heavy (non-hydrogen) atoms. The number of allylic oxidation sites excluding steroid dienone is 18. The lowest BCUT2D eigenvalue weighted by molar-refractivity contribution is 0.00469. The maximum atomic E-state index is 10.3. The smallest absolute Gasteiger partial charge is 0.101 e. The fourth-order valence-corrected chi connectivity index (χ4v) is 6.39.